The van der Waals surface area contributed by atoms with Crippen LogP contribution in [0, 0.1) is 5.82 Å². The third-order valence-corrected chi connectivity index (χ3v) is 2.00. The van der Waals surface area contributed by atoms with Gasteiger partial charge in [0.25, 0.3) is 0 Å². The number of carbonyl (C=O) groups is 1. The molecule has 0 unspecified atom stereocenters. The van der Waals surface area contributed by atoms with E-state index in [9.17, 15) is 9.18 Å². The Balaban J connectivity index is 2.72. The second-order valence-corrected chi connectivity index (χ2v) is 4.69. The number of ether oxygens (including phenoxy) is 1. The van der Waals surface area contributed by atoms with Gasteiger partial charge in [-0.2, -0.15) is 0 Å². The molecule has 0 saturated carbocycles. The van der Waals surface area contributed by atoms with Crippen molar-refractivity contribution < 1.29 is 13.9 Å². The SMILES string of the molecule is CC(C)(C)OC(=O)Nc1cc(CCl)c(F)cn1. The molecule has 0 aromatic carbocycles. The van der Waals surface area contributed by atoms with Crippen LogP contribution in [-0.4, -0.2) is 16.7 Å². The molecule has 0 spiro atoms. The summed E-state index contributed by atoms with van der Waals surface area (Å²) in [6, 6.07) is 1.37. The Labute approximate surface area is 104 Å². The van der Waals surface area contributed by atoms with Crippen LogP contribution < -0.4 is 5.32 Å². The maximum atomic E-state index is 13.1. The molecule has 94 valence electrons. The maximum absolute atomic E-state index is 13.1. The van der Waals surface area contributed by atoms with Crippen LogP contribution in [0.5, 0.6) is 0 Å². The van der Waals surface area contributed by atoms with Crippen molar-refractivity contribution in [2.75, 3.05) is 5.32 Å². The second-order valence-electron chi connectivity index (χ2n) is 4.42. The van der Waals surface area contributed by atoms with Gasteiger partial charge < -0.3 is 4.74 Å². The van der Waals surface area contributed by atoms with Gasteiger partial charge in [-0.05, 0) is 26.8 Å². The molecule has 0 aliphatic rings. The summed E-state index contributed by atoms with van der Waals surface area (Å²) in [5.74, 6) is -0.289. The van der Waals surface area contributed by atoms with Gasteiger partial charge >= 0.3 is 6.09 Å². The van der Waals surface area contributed by atoms with E-state index in [1.807, 2.05) is 0 Å². The molecular weight excluding hydrogens is 247 g/mol. The highest BCUT2D eigenvalue weighted by Crippen LogP contribution is 2.15. The lowest BCUT2D eigenvalue weighted by atomic mass is 10.2. The molecule has 1 aromatic heterocycles. The van der Waals surface area contributed by atoms with Gasteiger partial charge in [0.1, 0.15) is 17.2 Å². The average molecular weight is 261 g/mol. The topological polar surface area (TPSA) is 51.2 Å². The van der Waals surface area contributed by atoms with Crippen LogP contribution >= 0.6 is 11.6 Å². The van der Waals surface area contributed by atoms with Crippen LogP contribution in [0.15, 0.2) is 12.3 Å². The van der Waals surface area contributed by atoms with Gasteiger partial charge in [-0.15, -0.1) is 11.6 Å². The standard InChI is InChI=1S/C11H14ClFN2O2/c1-11(2,3)17-10(16)15-9-4-7(5-12)8(13)6-14-9/h4,6H,5H2,1-3H3,(H,14,15,16). The summed E-state index contributed by atoms with van der Waals surface area (Å²) in [7, 11) is 0. The Kier molecular flexibility index (Phi) is 4.28. The monoisotopic (exact) mass is 260 g/mol. The van der Waals surface area contributed by atoms with Crippen molar-refractivity contribution in [3.8, 4) is 0 Å². The minimum absolute atomic E-state index is 0.0113. The zero-order valence-corrected chi connectivity index (χ0v) is 10.6. The number of halogens is 2. The number of alkyl halides is 1. The molecule has 0 saturated heterocycles. The lowest BCUT2D eigenvalue weighted by Crippen LogP contribution is -2.27. The highest BCUT2D eigenvalue weighted by atomic mass is 35.5. The van der Waals surface area contributed by atoms with Crippen molar-refractivity contribution in [3.63, 3.8) is 0 Å². The first-order valence-corrected chi connectivity index (χ1v) is 5.55. The predicted molar refractivity (Wildman–Crippen MR) is 63.6 cm³/mol. The number of rotatable bonds is 2. The Morgan fingerprint density at radius 3 is 2.76 bits per heavy atom. The largest absolute Gasteiger partial charge is 0.444 e. The number of nitrogens with one attached hydrogen (secondary N) is 1. The summed E-state index contributed by atoms with van der Waals surface area (Å²) >= 11 is 5.54. The molecule has 0 aliphatic heterocycles. The molecule has 0 radical (unpaired) electrons. The number of anilines is 1. The van der Waals surface area contributed by atoms with E-state index < -0.39 is 17.5 Å². The van der Waals surface area contributed by atoms with Crippen LogP contribution in [0.4, 0.5) is 15.0 Å². The molecule has 1 N–H and O–H groups in total. The van der Waals surface area contributed by atoms with Gasteiger partial charge in [0.15, 0.2) is 0 Å². The Hall–Kier alpha value is -1.36. The lowest BCUT2D eigenvalue weighted by molar-refractivity contribution is 0.0635. The van der Waals surface area contributed by atoms with Gasteiger partial charge in [0.2, 0.25) is 0 Å². The van der Waals surface area contributed by atoms with E-state index in [1.165, 1.54) is 6.07 Å². The molecule has 0 aliphatic carbocycles. The summed E-state index contributed by atoms with van der Waals surface area (Å²) in [6.45, 7) is 5.23. The van der Waals surface area contributed by atoms with Crippen molar-refractivity contribution >= 4 is 23.5 Å². The summed E-state index contributed by atoms with van der Waals surface area (Å²) in [5, 5.41) is 2.40. The third kappa shape index (κ3) is 4.56. The summed E-state index contributed by atoms with van der Waals surface area (Å²) < 4.78 is 18.1. The molecule has 17 heavy (non-hydrogen) atoms. The van der Waals surface area contributed by atoms with Crippen molar-refractivity contribution in [2.45, 2.75) is 32.3 Å². The second kappa shape index (κ2) is 5.31. The Bertz CT molecular complexity index is 418. The van der Waals surface area contributed by atoms with E-state index in [2.05, 4.69) is 10.3 Å². The van der Waals surface area contributed by atoms with Gasteiger partial charge in [-0.25, -0.2) is 14.2 Å². The van der Waals surface area contributed by atoms with E-state index in [0.29, 0.717) is 0 Å². The summed E-state index contributed by atoms with van der Waals surface area (Å²) in [4.78, 5) is 15.1. The van der Waals surface area contributed by atoms with E-state index in [1.54, 1.807) is 20.8 Å². The van der Waals surface area contributed by atoms with E-state index >= 15 is 0 Å². The van der Waals surface area contributed by atoms with E-state index in [0.717, 1.165) is 6.20 Å². The average Bonchev–Trinajstić information content (AvgIpc) is 2.18. The Morgan fingerprint density at radius 2 is 2.24 bits per heavy atom. The summed E-state index contributed by atoms with van der Waals surface area (Å²) in [6.07, 6.45) is 0.363. The van der Waals surface area contributed by atoms with Crippen molar-refractivity contribution in [2.24, 2.45) is 0 Å². The summed E-state index contributed by atoms with van der Waals surface area (Å²) in [5.41, 5.74) is -0.327. The first-order valence-electron chi connectivity index (χ1n) is 5.02. The minimum Gasteiger partial charge on any atom is -0.444 e. The zero-order valence-electron chi connectivity index (χ0n) is 9.88. The van der Waals surface area contributed by atoms with Crippen LogP contribution in [-0.2, 0) is 10.6 Å². The van der Waals surface area contributed by atoms with Gasteiger partial charge in [0, 0.05) is 5.56 Å². The van der Waals surface area contributed by atoms with Crippen LogP contribution in [0.2, 0.25) is 0 Å². The molecule has 1 heterocycles. The van der Waals surface area contributed by atoms with Gasteiger partial charge in [-0.1, -0.05) is 0 Å². The maximum Gasteiger partial charge on any atom is 0.413 e. The number of aromatic nitrogens is 1. The number of amides is 1. The zero-order chi connectivity index (χ0) is 13.1. The van der Waals surface area contributed by atoms with E-state index in [-0.39, 0.29) is 17.3 Å². The first kappa shape index (κ1) is 13.7. The van der Waals surface area contributed by atoms with Gasteiger partial charge in [-0.3, -0.25) is 5.32 Å². The van der Waals surface area contributed by atoms with Crippen LogP contribution in [0.1, 0.15) is 26.3 Å². The van der Waals surface area contributed by atoms with Crippen molar-refractivity contribution in [1.29, 1.82) is 0 Å². The van der Waals surface area contributed by atoms with E-state index in [4.69, 9.17) is 16.3 Å². The molecule has 0 bridgehead atoms. The lowest BCUT2D eigenvalue weighted by Gasteiger charge is -2.19. The molecule has 0 fully saturated rings. The molecule has 1 aromatic rings. The third-order valence-electron chi connectivity index (χ3n) is 1.71. The number of hydrogen-bond acceptors (Lipinski definition) is 3. The van der Waals surface area contributed by atoms with Crippen molar-refractivity contribution in [3.05, 3.63) is 23.6 Å². The quantitative estimate of drug-likeness (QED) is 0.830. The smallest absolute Gasteiger partial charge is 0.413 e. The molecular formula is C11H14ClFN2O2. The Morgan fingerprint density at radius 1 is 1.59 bits per heavy atom. The highest BCUT2D eigenvalue weighted by Gasteiger charge is 2.16. The number of nitrogens with zero attached hydrogens (tertiary/aromatic N) is 1. The van der Waals surface area contributed by atoms with Gasteiger partial charge in [0.05, 0.1) is 12.1 Å². The fraction of sp³-hybridized carbons (Fsp3) is 0.455. The fourth-order valence-corrected chi connectivity index (χ4v) is 1.26. The number of hydrogen-bond donors (Lipinski definition) is 1. The molecule has 6 heteroatoms. The van der Waals surface area contributed by atoms with Crippen LogP contribution in [0.3, 0.4) is 0 Å². The molecule has 4 nitrogen and oxygen atoms in total. The fourth-order valence-electron chi connectivity index (χ4n) is 1.06. The minimum atomic E-state index is -0.642. The predicted octanol–water partition coefficient (Wildman–Crippen LogP) is 3.31. The first-order chi connectivity index (χ1) is 7.81. The van der Waals surface area contributed by atoms with Crippen LogP contribution in [0.25, 0.3) is 0 Å². The van der Waals surface area contributed by atoms with Crippen molar-refractivity contribution in [1.82, 2.24) is 4.98 Å². The normalized spacial score (nSPS) is 11.1. The molecule has 0 atom stereocenters. The molecule has 1 amide bonds. The number of pyridine rings is 1. The highest BCUT2D eigenvalue weighted by molar-refractivity contribution is 6.17. The number of carbonyl (C=O) groups excluding carboxylic acids is 1. The molecule has 1 rings (SSSR count).